The Morgan fingerprint density at radius 1 is 1.00 bits per heavy atom. The first kappa shape index (κ1) is 17.0. The summed E-state index contributed by atoms with van der Waals surface area (Å²) in [4.78, 5) is 3.27. The Morgan fingerprint density at radius 2 is 1.75 bits per heavy atom. The smallest absolute Gasteiger partial charge is 0.374 e. The lowest BCUT2D eigenvalue weighted by Crippen LogP contribution is -2.16. The number of para-hydroxylation sites is 1. The van der Waals surface area contributed by atoms with Gasteiger partial charge in [-0.15, -0.1) is 0 Å². The second-order valence-electron chi connectivity index (χ2n) is 5.65. The predicted molar refractivity (Wildman–Crippen MR) is 74.3 cm³/mol. The summed E-state index contributed by atoms with van der Waals surface area (Å²) in [6.45, 7) is 0.370. The first-order valence-corrected chi connectivity index (χ1v) is 7.37. The molecule has 8 heteroatoms. The van der Waals surface area contributed by atoms with Gasteiger partial charge in [-0.3, -0.25) is 0 Å². The monoisotopic (exact) mass is 349 g/mol. The van der Waals surface area contributed by atoms with Crippen LogP contribution in [0, 0.1) is 0 Å². The number of fused-ring (bicyclic) bond motifs is 1. The van der Waals surface area contributed by atoms with Crippen LogP contribution in [0.25, 0.3) is 10.9 Å². The molecule has 0 spiro atoms. The third-order valence-corrected chi connectivity index (χ3v) is 3.99. The third kappa shape index (κ3) is 3.19. The van der Waals surface area contributed by atoms with E-state index in [1.807, 2.05) is 0 Å². The summed E-state index contributed by atoms with van der Waals surface area (Å²) >= 11 is 0. The molecule has 0 amide bonds. The minimum absolute atomic E-state index is 0.0460. The van der Waals surface area contributed by atoms with E-state index < -0.39 is 35.2 Å². The van der Waals surface area contributed by atoms with Crippen molar-refractivity contribution in [2.75, 3.05) is 6.61 Å². The summed E-state index contributed by atoms with van der Waals surface area (Å²) < 4.78 is 84.3. The maximum absolute atomic E-state index is 13.2. The molecule has 2 heterocycles. The van der Waals surface area contributed by atoms with Crippen molar-refractivity contribution in [2.24, 2.45) is 0 Å². The fourth-order valence-electron chi connectivity index (χ4n) is 2.90. The molecular formula is C16H13F6NO. The first-order valence-electron chi connectivity index (χ1n) is 7.37. The van der Waals surface area contributed by atoms with Crippen molar-refractivity contribution in [3.63, 3.8) is 0 Å². The number of aromatic nitrogens is 1. The fourth-order valence-corrected chi connectivity index (χ4v) is 2.90. The molecule has 1 aromatic heterocycles. The number of hydrogen-bond acceptors (Lipinski definition) is 2. The van der Waals surface area contributed by atoms with E-state index >= 15 is 0 Å². The van der Waals surface area contributed by atoms with E-state index in [-0.39, 0.29) is 10.9 Å². The maximum atomic E-state index is 13.2. The first-order chi connectivity index (χ1) is 11.2. The van der Waals surface area contributed by atoms with Crippen molar-refractivity contribution in [3.05, 3.63) is 41.1 Å². The van der Waals surface area contributed by atoms with Crippen molar-refractivity contribution < 1.29 is 31.1 Å². The van der Waals surface area contributed by atoms with Gasteiger partial charge < -0.3 is 4.74 Å². The molecule has 1 fully saturated rings. The Kier molecular flexibility index (Phi) is 4.19. The molecule has 1 atom stereocenters. The van der Waals surface area contributed by atoms with Crippen LogP contribution in [-0.4, -0.2) is 11.6 Å². The zero-order valence-electron chi connectivity index (χ0n) is 12.3. The van der Waals surface area contributed by atoms with Gasteiger partial charge in [0.15, 0.2) is 0 Å². The normalized spacial score (nSPS) is 19.7. The zero-order valence-corrected chi connectivity index (χ0v) is 12.3. The number of halogens is 6. The van der Waals surface area contributed by atoms with Crippen molar-refractivity contribution in [1.82, 2.24) is 4.98 Å². The lowest BCUT2D eigenvalue weighted by atomic mass is 9.95. The van der Waals surface area contributed by atoms with E-state index in [4.69, 9.17) is 4.74 Å². The lowest BCUT2D eigenvalue weighted by molar-refractivity contribution is -0.142. The zero-order chi connectivity index (χ0) is 17.5. The van der Waals surface area contributed by atoms with Gasteiger partial charge in [0.2, 0.25) is 0 Å². The van der Waals surface area contributed by atoms with Gasteiger partial charge in [-0.1, -0.05) is 12.1 Å². The second-order valence-corrected chi connectivity index (χ2v) is 5.65. The van der Waals surface area contributed by atoms with Crippen LogP contribution < -0.4 is 0 Å². The summed E-state index contributed by atoms with van der Waals surface area (Å²) in [6, 6.07) is 4.07. The molecule has 0 aliphatic carbocycles. The molecule has 1 aliphatic heterocycles. The van der Waals surface area contributed by atoms with Crippen molar-refractivity contribution in [2.45, 2.75) is 37.7 Å². The number of nitrogens with zero attached hydrogens (tertiary/aromatic N) is 1. The molecule has 24 heavy (non-hydrogen) atoms. The number of pyridine rings is 1. The molecule has 3 rings (SSSR count). The largest absolute Gasteiger partial charge is 0.433 e. The van der Waals surface area contributed by atoms with Crippen LogP contribution >= 0.6 is 0 Å². The SMILES string of the molecule is FC(F)(F)c1cc(C2CCCCO2)c2cccc(C(F)(F)F)c2n1. The molecule has 130 valence electrons. The summed E-state index contributed by atoms with van der Waals surface area (Å²) in [5, 5.41) is 0.0460. The summed E-state index contributed by atoms with van der Waals surface area (Å²) in [7, 11) is 0. The molecule has 1 aliphatic rings. The Balaban J connectivity index is 2.29. The van der Waals surface area contributed by atoms with E-state index in [1.54, 1.807) is 0 Å². The summed E-state index contributed by atoms with van der Waals surface area (Å²) in [5.41, 5.74) is -3.10. The van der Waals surface area contributed by atoms with Gasteiger partial charge in [0.05, 0.1) is 17.2 Å². The van der Waals surface area contributed by atoms with Crippen LogP contribution in [0.3, 0.4) is 0 Å². The molecule has 0 bridgehead atoms. The van der Waals surface area contributed by atoms with E-state index in [1.165, 1.54) is 12.1 Å². The standard InChI is InChI=1S/C16H13F6NO/c17-15(18,19)11-5-3-4-9-10(12-6-1-2-7-24-12)8-13(16(20,21)22)23-14(9)11/h3-5,8,12H,1-2,6-7H2. The van der Waals surface area contributed by atoms with Gasteiger partial charge in [0.25, 0.3) is 0 Å². The molecule has 0 saturated carbocycles. The maximum Gasteiger partial charge on any atom is 0.433 e. The average molecular weight is 349 g/mol. The fraction of sp³-hybridized carbons (Fsp3) is 0.438. The second kappa shape index (κ2) is 5.91. The number of alkyl halides is 6. The van der Waals surface area contributed by atoms with Gasteiger partial charge in [0, 0.05) is 12.0 Å². The van der Waals surface area contributed by atoms with E-state index in [2.05, 4.69) is 4.98 Å². The van der Waals surface area contributed by atoms with Crippen LogP contribution in [0.4, 0.5) is 26.3 Å². The summed E-state index contributed by atoms with van der Waals surface area (Å²) in [5.74, 6) is 0. The highest BCUT2D eigenvalue weighted by Gasteiger charge is 2.38. The Morgan fingerprint density at radius 3 is 2.33 bits per heavy atom. The quantitative estimate of drug-likeness (QED) is 0.633. The van der Waals surface area contributed by atoms with Gasteiger partial charge >= 0.3 is 12.4 Å². The number of ether oxygens (including phenoxy) is 1. The van der Waals surface area contributed by atoms with Crippen molar-refractivity contribution in [3.8, 4) is 0 Å². The van der Waals surface area contributed by atoms with Crippen molar-refractivity contribution in [1.29, 1.82) is 0 Å². The Bertz CT molecular complexity index is 747. The van der Waals surface area contributed by atoms with Gasteiger partial charge in [-0.25, -0.2) is 4.98 Å². The Labute approximate surface area is 133 Å². The van der Waals surface area contributed by atoms with Crippen molar-refractivity contribution >= 4 is 10.9 Å². The number of benzene rings is 1. The third-order valence-electron chi connectivity index (χ3n) is 3.99. The average Bonchev–Trinajstić information content (AvgIpc) is 2.52. The van der Waals surface area contributed by atoms with E-state index in [9.17, 15) is 26.3 Å². The highest BCUT2D eigenvalue weighted by molar-refractivity contribution is 5.86. The predicted octanol–water partition coefficient (Wildman–Crippen LogP) is 5.51. The number of hydrogen-bond donors (Lipinski definition) is 0. The minimum Gasteiger partial charge on any atom is -0.374 e. The highest BCUT2D eigenvalue weighted by Crippen LogP contribution is 2.40. The van der Waals surface area contributed by atoms with Crippen LogP contribution in [0.15, 0.2) is 24.3 Å². The molecule has 1 aromatic carbocycles. The van der Waals surface area contributed by atoms with E-state index in [0.717, 1.165) is 25.0 Å². The molecule has 1 saturated heterocycles. The molecular weight excluding hydrogens is 336 g/mol. The lowest BCUT2D eigenvalue weighted by Gasteiger charge is -2.25. The topological polar surface area (TPSA) is 22.1 Å². The van der Waals surface area contributed by atoms with Crippen LogP contribution in [-0.2, 0) is 17.1 Å². The highest BCUT2D eigenvalue weighted by atomic mass is 19.4. The van der Waals surface area contributed by atoms with Gasteiger partial charge in [-0.2, -0.15) is 26.3 Å². The van der Waals surface area contributed by atoms with Crippen LogP contribution in [0.2, 0.25) is 0 Å². The van der Waals surface area contributed by atoms with Crippen LogP contribution in [0.1, 0.15) is 42.2 Å². The van der Waals surface area contributed by atoms with Gasteiger partial charge in [-0.05, 0) is 37.0 Å². The number of rotatable bonds is 1. The summed E-state index contributed by atoms with van der Waals surface area (Å²) in [6.07, 6.45) is -8.30. The van der Waals surface area contributed by atoms with E-state index in [0.29, 0.717) is 13.0 Å². The molecule has 2 nitrogen and oxygen atoms in total. The molecule has 2 aromatic rings. The van der Waals surface area contributed by atoms with Gasteiger partial charge in [0.1, 0.15) is 5.69 Å². The molecule has 1 unspecified atom stereocenters. The Hall–Kier alpha value is -1.83. The molecule has 0 N–H and O–H groups in total. The van der Waals surface area contributed by atoms with Crippen LogP contribution in [0.5, 0.6) is 0 Å². The molecule has 0 radical (unpaired) electrons. The minimum atomic E-state index is -4.84.